The van der Waals surface area contributed by atoms with Crippen LogP contribution in [0.25, 0.3) is 0 Å². The van der Waals surface area contributed by atoms with E-state index in [-0.39, 0.29) is 22.8 Å². The molecule has 24 heavy (non-hydrogen) atoms. The van der Waals surface area contributed by atoms with E-state index in [1.165, 1.54) is 30.0 Å². The van der Waals surface area contributed by atoms with E-state index in [4.69, 9.17) is 22.6 Å². The molecule has 0 saturated carbocycles. The Kier molecular flexibility index (Phi) is 7.12. The lowest BCUT2D eigenvalue weighted by molar-refractivity contribution is -0.112. The largest absolute Gasteiger partial charge is 0.401 e. The highest BCUT2D eigenvalue weighted by Gasteiger charge is 2.14. The molecule has 5 nitrogen and oxygen atoms in total. The number of nitriles is 1. The number of thioether (sulfide) groups is 2. The third kappa shape index (κ3) is 5.53. The number of rotatable bonds is 7. The van der Waals surface area contributed by atoms with Crippen molar-refractivity contribution < 1.29 is 4.79 Å². The predicted molar refractivity (Wildman–Crippen MR) is 99.2 cm³/mol. The Morgan fingerprint density at radius 3 is 2.50 bits per heavy atom. The third-order valence-corrected chi connectivity index (χ3v) is 6.29. The van der Waals surface area contributed by atoms with Gasteiger partial charge in [0.1, 0.15) is 11.6 Å². The van der Waals surface area contributed by atoms with Gasteiger partial charge in [0.2, 0.25) is 0 Å². The number of allylic oxidation sites excluding steroid dienone is 2. The Hall–Kier alpha value is -1.53. The Balaban J connectivity index is 1.87. The number of nitrogens with zero attached hydrogens (tertiary/aromatic N) is 3. The molecule has 9 heteroatoms. The maximum Gasteiger partial charge on any atom is 0.185 e. The summed E-state index contributed by atoms with van der Waals surface area (Å²) in [6, 6.07) is 9.47. The zero-order chi connectivity index (χ0) is 17.5. The first-order chi connectivity index (χ1) is 11.5. The number of nitrogens with two attached hydrogens (primary N) is 1. The van der Waals surface area contributed by atoms with Crippen molar-refractivity contribution >= 4 is 52.2 Å². The van der Waals surface area contributed by atoms with Crippen molar-refractivity contribution in [2.45, 2.75) is 21.4 Å². The molecular formula is C15H13ClN4OS3. The minimum absolute atomic E-state index is 0.00403. The smallest absolute Gasteiger partial charge is 0.185 e. The SMILES string of the molecule is C/C(N)=C(/C#N)C(=O)CSc1nnc(SCc2ccc(Cl)cc2)s1. The van der Waals surface area contributed by atoms with Crippen LogP contribution in [0.5, 0.6) is 0 Å². The predicted octanol–water partition coefficient (Wildman–Crippen LogP) is 3.90. The van der Waals surface area contributed by atoms with E-state index >= 15 is 0 Å². The Morgan fingerprint density at radius 1 is 1.29 bits per heavy atom. The lowest BCUT2D eigenvalue weighted by Crippen LogP contribution is -2.10. The van der Waals surface area contributed by atoms with E-state index in [2.05, 4.69) is 10.2 Å². The van der Waals surface area contributed by atoms with Gasteiger partial charge >= 0.3 is 0 Å². The van der Waals surface area contributed by atoms with Crippen LogP contribution in [0.2, 0.25) is 5.02 Å². The molecule has 1 heterocycles. The molecule has 0 atom stereocenters. The standard InChI is InChI=1S/C15H13ClN4OS3/c1-9(18)12(6-17)13(21)8-23-15-20-19-14(24-15)22-7-10-2-4-11(16)5-3-10/h2-5H,7-8,18H2,1H3/b12-9+. The molecule has 0 saturated heterocycles. The summed E-state index contributed by atoms with van der Waals surface area (Å²) in [6.45, 7) is 1.54. The zero-order valence-corrected chi connectivity index (χ0v) is 15.9. The third-order valence-electron chi connectivity index (χ3n) is 2.78. The Morgan fingerprint density at radius 2 is 1.92 bits per heavy atom. The van der Waals surface area contributed by atoms with Gasteiger partial charge in [0.25, 0.3) is 0 Å². The van der Waals surface area contributed by atoms with Crippen molar-refractivity contribution in [2.24, 2.45) is 5.73 Å². The first kappa shape index (κ1) is 18.8. The van der Waals surface area contributed by atoms with Crippen molar-refractivity contribution in [1.82, 2.24) is 10.2 Å². The summed E-state index contributed by atoms with van der Waals surface area (Å²) in [6.07, 6.45) is 0. The molecule has 0 spiro atoms. The van der Waals surface area contributed by atoms with E-state index in [1.54, 1.807) is 11.8 Å². The second-order valence-electron chi connectivity index (χ2n) is 4.63. The first-order valence-electron chi connectivity index (χ1n) is 6.72. The number of aromatic nitrogens is 2. The number of halogens is 1. The highest BCUT2D eigenvalue weighted by Crippen LogP contribution is 2.31. The quantitative estimate of drug-likeness (QED) is 0.431. The van der Waals surface area contributed by atoms with Crippen LogP contribution in [0.1, 0.15) is 12.5 Å². The Labute approximate surface area is 157 Å². The maximum absolute atomic E-state index is 11.9. The van der Waals surface area contributed by atoms with Crippen LogP contribution in [-0.4, -0.2) is 21.7 Å². The molecule has 2 aromatic rings. The van der Waals surface area contributed by atoms with Crippen LogP contribution >= 0.6 is 46.5 Å². The monoisotopic (exact) mass is 396 g/mol. The number of carbonyl (C=O) groups excluding carboxylic acids is 1. The van der Waals surface area contributed by atoms with E-state index in [9.17, 15) is 4.79 Å². The van der Waals surface area contributed by atoms with Gasteiger partial charge in [-0.25, -0.2) is 0 Å². The molecule has 1 aromatic heterocycles. The van der Waals surface area contributed by atoms with E-state index in [0.717, 1.165) is 15.7 Å². The lowest BCUT2D eigenvalue weighted by atomic mass is 10.2. The number of hydrogen-bond acceptors (Lipinski definition) is 8. The van der Waals surface area contributed by atoms with Crippen LogP contribution < -0.4 is 5.73 Å². The van der Waals surface area contributed by atoms with E-state index < -0.39 is 0 Å². The average Bonchev–Trinajstić information content (AvgIpc) is 3.00. The van der Waals surface area contributed by atoms with E-state index in [0.29, 0.717) is 9.36 Å². The van der Waals surface area contributed by atoms with Crippen molar-refractivity contribution in [2.75, 3.05) is 5.75 Å². The number of hydrogen-bond donors (Lipinski definition) is 1. The first-order valence-corrected chi connectivity index (χ1v) is 9.89. The number of Topliss-reactive ketones (excluding diaryl/α,β-unsaturated/α-hetero) is 1. The second kappa shape index (κ2) is 9.08. The molecule has 2 rings (SSSR count). The minimum atomic E-state index is -0.298. The van der Waals surface area contributed by atoms with Crippen LogP contribution in [-0.2, 0) is 10.5 Å². The second-order valence-corrected chi connectivity index (χ2v) is 8.49. The van der Waals surface area contributed by atoms with Crippen molar-refractivity contribution in [3.05, 3.63) is 46.1 Å². The molecule has 0 aliphatic heterocycles. The maximum atomic E-state index is 11.9. The fraction of sp³-hybridized carbons (Fsp3) is 0.200. The van der Waals surface area contributed by atoms with Crippen LogP contribution in [0.15, 0.2) is 44.2 Å². The highest BCUT2D eigenvalue weighted by atomic mass is 35.5. The van der Waals surface area contributed by atoms with Crippen LogP contribution in [0.3, 0.4) is 0 Å². The number of carbonyl (C=O) groups is 1. The zero-order valence-electron chi connectivity index (χ0n) is 12.7. The molecule has 2 N–H and O–H groups in total. The summed E-state index contributed by atoms with van der Waals surface area (Å²) >= 11 is 10.1. The molecule has 0 aliphatic rings. The van der Waals surface area contributed by atoms with Crippen LogP contribution in [0.4, 0.5) is 0 Å². The van der Waals surface area contributed by atoms with Gasteiger partial charge in [0.05, 0.1) is 5.75 Å². The summed E-state index contributed by atoms with van der Waals surface area (Å²) in [4.78, 5) is 11.9. The Bertz CT molecular complexity index is 792. The molecule has 0 aliphatic carbocycles. The van der Waals surface area contributed by atoms with Gasteiger partial charge < -0.3 is 5.73 Å². The van der Waals surface area contributed by atoms with Crippen molar-refractivity contribution in [1.29, 1.82) is 5.26 Å². The molecule has 0 bridgehead atoms. The summed E-state index contributed by atoms with van der Waals surface area (Å²) in [5.41, 5.74) is 6.90. The molecule has 0 amide bonds. The number of ketones is 1. The molecule has 124 valence electrons. The van der Waals surface area contributed by atoms with Gasteiger partial charge in [-0.15, -0.1) is 10.2 Å². The molecule has 0 unspecified atom stereocenters. The summed E-state index contributed by atoms with van der Waals surface area (Å²) in [5, 5.41) is 17.8. The normalized spacial score (nSPS) is 11.7. The van der Waals surface area contributed by atoms with Gasteiger partial charge in [-0.3, -0.25) is 4.79 Å². The van der Waals surface area contributed by atoms with Gasteiger partial charge in [-0.1, -0.05) is 58.6 Å². The molecule has 0 fully saturated rings. The fourth-order valence-corrected chi connectivity index (χ4v) is 4.58. The van der Waals surface area contributed by atoms with Crippen molar-refractivity contribution in [3.8, 4) is 6.07 Å². The average molecular weight is 397 g/mol. The minimum Gasteiger partial charge on any atom is -0.401 e. The topological polar surface area (TPSA) is 92.7 Å². The molecule has 1 aromatic carbocycles. The summed E-state index contributed by atoms with van der Waals surface area (Å²) in [7, 11) is 0. The summed E-state index contributed by atoms with van der Waals surface area (Å²) < 4.78 is 1.51. The number of benzene rings is 1. The molecule has 0 radical (unpaired) electrons. The fourth-order valence-electron chi connectivity index (χ4n) is 1.61. The highest BCUT2D eigenvalue weighted by molar-refractivity contribution is 8.03. The van der Waals surface area contributed by atoms with Crippen molar-refractivity contribution in [3.63, 3.8) is 0 Å². The van der Waals surface area contributed by atoms with Gasteiger partial charge in [-0.05, 0) is 24.6 Å². The van der Waals surface area contributed by atoms with E-state index in [1.807, 2.05) is 30.3 Å². The van der Waals surface area contributed by atoms with Gasteiger partial charge in [0.15, 0.2) is 14.5 Å². The molecular weight excluding hydrogens is 384 g/mol. The van der Waals surface area contributed by atoms with Gasteiger partial charge in [0, 0.05) is 16.5 Å². The van der Waals surface area contributed by atoms with Gasteiger partial charge in [-0.2, -0.15) is 5.26 Å². The summed E-state index contributed by atoms with van der Waals surface area (Å²) in [5.74, 6) is 0.588. The van der Waals surface area contributed by atoms with Crippen LogP contribution in [0, 0.1) is 11.3 Å². The lowest BCUT2D eigenvalue weighted by Gasteiger charge is -1.99.